The van der Waals surface area contributed by atoms with Gasteiger partial charge in [-0.3, -0.25) is 4.79 Å². The third-order valence-electron chi connectivity index (χ3n) is 2.54. The SMILES string of the molecule is CCC=CCC=CCC=CCCC#COC=CCCC(=O)O. The summed E-state index contributed by atoms with van der Waals surface area (Å²) in [6.07, 6.45) is 23.9. The van der Waals surface area contributed by atoms with E-state index in [0.717, 1.165) is 32.1 Å². The van der Waals surface area contributed by atoms with Crippen molar-refractivity contribution >= 4 is 5.97 Å². The van der Waals surface area contributed by atoms with Crippen molar-refractivity contribution in [2.75, 3.05) is 0 Å². The van der Waals surface area contributed by atoms with Gasteiger partial charge in [0.25, 0.3) is 0 Å². The monoisotopic (exact) mass is 302 g/mol. The number of ether oxygens (including phenoxy) is 1. The fourth-order valence-corrected chi connectivity index (χ4v) is 1.43. The van der Waals surface area contributed by atoms with Crippen molar-refractivity contribution in [2.24, 2.45) is 0 Å². The molecule has 0 saturated carbocycles. The zero-order valence-electron chi connectivity index (χ0n) is 13.3. The first-order valence-electron chi connectivity index (χ1n) is 7.72. The molecule has 0 bridgehead atoms. The van der Waals surface area contributed by atoms with Gasteiger partial charge >= 0.3 is 5.97 Å². The molecule has 0 aliphatic heterocycles. The van der Waals surface area contributed by atoms with Crippen LogP contribution in [0.3, 0.4) is 0 Å². The highest BCUT2D eigenvalue weighted by Crippen LogP contribution is 1.95. The van der Waals surface area contributed by atoms with E-state index < -0.39 is 5.97 Å². The van der Waals surface area contributed by atoms with Crippen molar-refractivity contribution in [3.05, 3.63) is 48.8 Å². The minimum absolute atomic E-state index is 0.113. The Morgan fingerprint density at radius 1 is 1.00 bits per heavy atom. The molecule has 0 unspecified atom stereocenters. The first-order chi connectivity index (χ1) is 10.8. The fraction of sp³-hybridized carbons (Fsp3) is 0.421. The molecule has 0 radical (unpaired) electrons. The smallest absolute Gasteiger partial charge is 0.303 e. The predicted octanol–water partition coefficient (Wildman–Crippen LogP) is 4.98. The topological polar surface area (TPSA) is 46.5 Å². The molecule has 0 heterocycles. The number of rotatable bonds is 11. The molecule has 3 heteroatoms. The molecule has 22 heavy (non-hydrogen) atoms. The van der Waals surface area contributed by atoms with Crippen molar-refractivity contribution in [3.63, 3.8) is 0 Å². The summed E-state index contributed by atoms with van der Waals surface area (Å²) < 4.78 is 4.93. The molecule has 120 valence electrons. The second-order valence-electron chi connectivity index (χ2n) is 4.53. The molecule has 0 aliphatic rings. The Bertz CT molecular complexity index is 445. The summed E-state index contributed by atoms with van der Waals surface area (Å²) in [5.41, 5.74) is 0. The number of carbonyl (C=O) groups is 1. The number of unbranched alkanes of at least 4 members (excludes halogenated alkanes) is 1. The number of hydrogen-bond donors (Lipinski definition) is 1. The van der Waals surface area contributed by atoms with E-state index in [-0.39, 0.29) is 6.42 Å². The third kappa shape index (κ3) is 17.8. The average molecular weight is 302 g/mol. The number of carboxylic acids is 1. The Morgan fingerprint density at radius 2 is 1.68 bits per heavy atom. The second-order valence-corrected chi connectivity index (χ2v) is 4.53. The van der Waals surface area contributed by atoms with E-state index in [9.17, 15) is 4.79 Å². The summed E-state index contributed by atoms with van der Waals surface area (Å²) in [6.45, 7) is 2.13. The van der Waals surface area contributed by atoms with Crippen LogP contribution in [-0.2, 0) is 9.53 Å². The maximum absolute atomic E-state index is 10.2. The van der Waals surface area contributed by atoms with Crippen LogP contribution in [0.5, 0.6) is 0 Å². The zero-order valence-corrected chi connectivity index (χ0v) is 13.3. The maximum Gasteiger partial charge on any atom is 0.303 e. The lowest BCUT2D eigenvalue weighted by Gasteiger charge is -1.87. The third-order valence-corrected chi connectivity index (χ3v) is 2.54. The van der Waals surface area contributed by atoms with Crippen LogP contribution in [0.4, 0.5) is 0 Å². The molecule has 0 aliphatic carbocycles. The number of allylic oxidation sites excluding steroid dienone is 7. The molecular weight excluding hydrogens is 276 g/mol. The fourth-order valence-electron chi connectivity index (χ4n) is 1.43. The number of hydrogen-bond acceptors (Lipinski definition) is 2. The van der Waals surface area contributed by atoms with Gasteiger partial charge in [0, 0.05) is 12.8 Å². The number of carboxylic acid groups (broad SMARTS) is 1. The Balaban J connectivity index is 3.48. The van der Waals surface area contributed by atoms with E-state index in [1.54, 1.807) is 6.08 Å². The molecule has 0 saturated heterocycles. The molecule has 0 aromatic rings. The lowest BCUT2D eigenvalue weighted by molar-refractivity contribution is -0.136. The van der Waals surface area contributed by atoms with Crippen LogP contribution in [-0.4, -0.2) is 11.1 Å². The molecule has 0 rings (SSSR count). The minimum atomic E-state index is -0.810. The van der Waals surface area contributed by atoms with Gasteiger partial charge in [0.1, 0.15) is 6.11 Å². The molecule has 0 amide bonds. The first kappa shape index (κ1) is 19.8. The number of aliphatic carboxylic acids is 1. The van der Waals surface area contributed by atoms with Gasteiger partial charge in [0.05, 0.1) is 6.26 Å². The van der Waals surface area contributed by atoms with Gasteiger partial charge in [0.2, 0.25) is 0 Å². The van der Waals surface area contributed by atoms with Crippen LogP contribution in [0.2, 0.25) is 0 Å². The van der Waals surface area contributed by atoms with E-state index in [0.29, 0.717) is 6.42 Å². The lowest BCUT2D eigenvalue weighted by Crippen LogP contribution is -1.91. The van der Waals surface area contributed by atoms with Crippen LogP contribution in [0.15, 0.2) is 48.8 Å². The van der Waals surface area contributed by atoms with Crippen LogP contribution in [0, 0.1) is 12.0 Å². The molecular formula is C19H26O3. The van der Waals surface area contributed by atoms with E-state index in [2.05, 4.69) is 55.4 Å². The van der Waals surface area contributed by atoms with E-state index in [1.807, 2.05) is 0 Å². The Morgan fingerprint density at radius 3 is 2.36 bits per heavy atom. The summed E-state index contributed by atoms with van der Waals surface area (Å²) in [7, 11) is 0. The summed E-state index contributed by atoms with van der Waals surface area (Å²) >= 11 is 0. The van der Waals surface area contributed by atoms with Crippen LogP contribution in [0.25, 0.3) is 0 Å². The maximum atomic E-state index is 10.2. The molecule has 0 fully saturated rings. The van der Waals surface area contributed by atoms with Gasteiger partial charge in [-0.25, -0.2) is 0 Å². The van der Waals surface area contributed by atoms with E-state index in [4.69, 9.17) is 9.84 Å². The zero-order chi connectivity index (χ0) is 16.3. The van der Waals surface area contributed by atoms with Gasteiger partial charge in [-0.2, -0.15) is 0 Å². The highest BCUT2D eigenvalue weighted by molar-refractivity contribution is 5.66. The molecule has 0 aromatic carbocycles. The minimum Gasteiger partial charge on any atom is -0.481 e. The van der Waals surface area contributed by atoms with E-state index >= 15 is 0 Å². The summed E-state index contributed by atoms with van der Waals surface area (Å²) in [6, 6.07) is 0. The first-order valence-corrected chi connectivity index (χ1v) is 7.72. The lowest BCUT2D eigenvalue weighted by atomic mass is 10.2. The second kappa shape index (κ2) is 16.8. The van der Waals surface area contributed by atoms with Gasteiger partial charge in [-0.05, 0) is 38.2 Å². The van der Waals surface area contributed by atoms with E-state index in [1.165, 1.54) is 6.26 Å². The normalized spacial score (nSPS) is 11.5. The van der Waals surface area contributed by atoms with Crippen molar-refractivity contribution < 1.29 is 14.6 Å². The van der Waals surface area contributed by atoms with Crippen LogP contribution >= 0.6 is 0 Å². The molecule has 0 atom stereocenters. The Kier molecular flexibility index (Phi) is 15.2. The Hall–Kier alpha value is -2.21. The Labute approximate surface area is 134 Å². The van der Waals surface area contributed by atoms with Crippen LogP contribution in [0.1, 0.15) is 51.9 Å². The summed E-state index contributed by atoms with van der Waals surface area (Å²) in [5, 5.41) is 8.42. The molecule has 1 N–H and O–H groups in total. The highest BCUT2D eigenvalue weighted by atomic mass is 16.5. The van der Waals surface area contributed by atoms with Crippen molar-refractivity contribution in [3.8, 4) is 12.0 Å². The van der Waals surface area contributed by atoms with Crippen molar-refractivity contribution in [1.82, 2.24) is 0 Å². The quantitative estimate of drug-likeness (QED) is 0.253. The predicted molar refractivity (Wildman–Crippen MR) is 91.0 cm³/mol. The van der Waals surface area contributed by atoms with Gasteiger partial charge in [-0.15, -0.1) is 0 Å². The summed E-state index contributed by atoms with van der Waals surface area (Å²) in [4.78, 5) is 10.2. The highest BCUT2D eigenvalue weighted by Gasteiger charge is 1.90. The molecule has 0 spiro atoms. The van der Waals surface area contributed by atoms with Gasteiger partial charge in [-0.1, -0.05) is 49.3 Å². The van der Waals surface area contributed by atoms with Crippen molar-refractivity contribution in [2.45, 2.75) is 51.9 Å². The molecule has 3 nitrogen and oxygen atoms in total. The van der Waals surface area contributed by atoms with Crippen LogP contribution < -0.4 is 0 Å². The standard InChI is InChI=1S/C19H26O3/c1-2-3-4-5-6-7-8-9-10-11-12-14-17-22-18-15-13-16-19(20)21/h3-4,6-7,9-10,15,18H,2,5,8,11-13,16H2,1H3,(H,20,21). The van der Waals surface area contributed by atoms with Gasteiger partial charge < -0.3 is 9.84 Å². The summed E-state index contributed by atoms with van der Waals surface area (Å²) in [5.74, 6) is 2.08. The van der Waals surface area contributed by atoms with Crippen molar-refractivity contribution in [1.29, 1.82) is 0 Å². The molecule has 0 aromatic heterocycles. The van der Waals surface area contributed by atoms with Gasteiger partial charge in [0.15, 0.2) is 0 Å². The largest absolute Gasteiger partial charge is 0.481 e. The average Bonchev–Trinajstić information content (AvgIpc) is 2.50.